The maximum Gasteiger partial charge on any atom is 0.416 e. The van der Waals surface area contributed by atoms with Crippen molar-refractivity contribution in [3.63, 3.8) is 0 Å². The van der Waals surface area contributed by atoms with Crippen molar-refractivity contribution in [3.05, 3.63) is 64.7 Å². The average molecular weight is 438 g/mol. The number of carbonyl (C=O) groups is 1. The lowest BCUT2D eigenvalue weighted by Gasteiger charge is -2.37. The number of piperazine rings is 1. The maximum atomic E-state index is 13.2. The molecule has 0 radical (unpaired) electrons. The van der Waals surface area contributed by atoms with Gasteiger partial charge in [-0.15, -0.1) is 0 Å². The van der Waals surface area contributed by atoms with Gasteiger partial charge < -0.3 is 4.90 Å². The third-order valence-electron chi connectivity index (χ3n) is 5.44. The highest BCUT2D eigenvalue weighted by molar-refractivity contribution is 5.84. The van der Waals surface area contributed by atoms with Crippen LogP contribution >= 0.6 is 0 Å². The molecule has 3 rings (SSSR count). The van der Waals surface area contributed by atoms with Crippen LogP contribution in [-0.4, -0.2) is 48.9 Å². The number of halogens is 4. The first-order valence-corrected chi connectivity index (χ1v) is 10.00. The lowest BCUT2D eigenvalue weighted by molar-refractivity contribution is -0.137. The molecule has 0 spiro atoms. The van der Waals surface area contributed by atoms with Crippen molar-refractivity contribution in [2.24, 2.45) is 0 Å². The van der Waals surface area contributed by atoms with Crippen molar-refractivity contribution in [2.45, 2.75) is 25.8 Å². The van der Waals surface area contributed by atoms with Gasteiger partial charge in [0.1, 0.15) is 12.7 Å². The van der Waals surface area contributed by atoms with Crippen molar-refractivity contribution >= 4 is 11.6 Å². The van der Waals surface area contributed by atoms with E-state index in [9.17, 15) is 22.4 Å². The Bertz CT molecular complexity index is 911. The molecule has 0 aliphatic carbocycles. The average Bonchev–Trinajstić information content (AvgIpc) is 2.74. The fourth-order valence-corrected chi connectivity index (χ4v) is 3.68. The van der Waals surface area contributed by atoms with Crippen LogP contribution in [0.2, 0.25) is 0 Å². The summed E-state index contributed by atoms with van der Waals surface area (Å²) in [4.78, 5) is 17.4. The summed E-state index contributed by atoms with van der Waals surface area (Å²) in [6.45, 7) is 3.84. The van der Waals surface area contributed by atoms with E-state index in [2.05, 4.69) is 20.7 Å². The molecule has 0 aromatic heterocycles. The van der Waals surface area contributed by atoms with Crippen LogP contribution in [0.3, 0.4) is 0 Å². The Morgan fingerprint density at radius 1 is 1.10 bits per heavy atom. The number of nitrogens with zero attached hydrogens (tertiary/aromatic N) is 2. The van der Waals surface area contributed by atoms with Crippen molar-refractivity contribution in [2.75, 3.05) is 38.7 Å². The molecular formula is C22H26F4N4O. The molecule has 0 bridgehead atoms. The first-order valence-electron chi connectivity index (χ1n) is 10.00. The second-order valence-electron chi connectivity index (χ2n) is 7.76. The van der Waals surface area contributed by atoms with Crippen LogP contribution < -0.4 is 10.9 Å². The molecule has 1 aliphatic heterocycles. The number of rotatable bonds is 6. The molecule has 1 heterocycles. The fourth-order valence-electron chi connectivity index (χ4n) is 3.68. The number of hydrogen-bond acceptors (Lipinski definition) is 4. The molecule has 1 aliphatic rings. The highest BCUT2D eigenvalue weighted by Gasteiger charge is 2.32. The van der Waals surface area contributed by atoms with Gasteiger partial charge in [0.25, 0.3) is 5.91 Å². The van der Waals surface area contributed by atoms with Crippen molar-refractivity contribution < 1.29 is 22.4 Å². The lowest BCUT2D eigenvalue weighted by Crippen LogP contribution is -2.50. The standard InChI is InChI=1S/C22H26F4N4O/c1-15-5-3-4-6-19(15)20(30-9-7-29(2)8-10-30)21(31)28-27-18-12-16(14-23)11-17(13-18)22(24,25)26/h3-6,11-13,20,27H,7-10,14H2,1-2H3,(H,28,31). The summed E-state index contributed by atoms with van der Waals surface area (Å²) >= 11 is 0. The molecule has 1 atom stereocenters. The van der Waals surface area contributed by atoms with E-state index in [-0.39, 0.29) is 11.3 Å². The third kappa shape index (κ3) is 5.74. The van der Waals surface area contributed by atoms with E-state index >= 15 is 0 Å². The summed E-state index contributed by atoms with van der Waals surface area (Å²) in [7, 11) is 2.01. The van der Waals surface area contributed by atoms with Gasteiger partial charge in [0.15, 0.2) is 0 Å². The van der Waals surface area contributed by atoms with Gasteiger partial charge in [-0.25, -0.2) is 4.39 Å². The Balaban J connectivity index is 1.82. The van der Waals surface area contributed by atoms with Crippen LogP contribution in [0.25, 0.3) is 0 Å². The minimum Gasteiger partial charge on any atom is -0.304 e. The number of aryl methyl sites for hydroxylation is 1. The summed E-state index contributed by atoms with van der Waals surface area (Å²) in [6, 6.07) is 9.78. The van der Waals surface area contributed by atoms with E-state index in [1.54, 1.807) is 0 Å². The second-order valence-corrected chi connectivity index (χ2v) is 7.76. The minimum atomic E-state index is -4.62. The predicted octanol–water partition coefficient (Wildman–Crippen LogP) is 3.92. The van der Waals surface area contributed by atoms with E-state index in [1.807, 2.05) is 38.2 Å². The number of hydrogen-bond donors (Lipinski definition) is 2. The monoisotopic (exact) mass is 438 g/mol. The molecule has 2 N–H and O–H groups in total. The molecule has 1 saturated heterocycles. The number of alkyl halides is 4. The van der Waals surface area contributed by atoms with Gasteiger partial charge in [-0.05, 0) is 48.9 Å². The molecule has 31 heavy (non-hydrogen) atoms. The van der Waals surface area contributed by atoms with Gasteiger partial charge >= 0.3 is 6.18 Å². The van der Waals surface area contributed by atoms with Gasteiger partial charge in [0.05, 0.1) is 11.3 Å². The van der Waals surface area contributed by atoms with E-state index < -0.39 is 30.4 Å². The SMILES string of the molecule is Cc1ccccc1C(C(=O)NNc1cc(CF)cc(C(F)(F)F)c1)N1CCN(C)CC1. The normalized spacial score (nSPS) is 16.7. The van der Waals surface area contributed by atoms with E-state index in [0.717, 1.165) is 36.3 Å². The molecule has 2 aromatic carbocycles. The highest BCUT2D eigenvalue weighted by Crippen LogP contribution is 2.32. The molecule has 1 unspecified atom stereocenters. The minimum absolute atomic E-state index is 0.0299. The fraction of sp³-hybridized carbons (Fsp3) is 0.409. The summed E-state index contributed by atoms with van der Waals surface area (Å²) in [6.07, 6.45) is -4.62. The van der Waals surface area contributed by atoms with Crippen molar-refractivity contribution in [3.8, 4) is 0 Å². The molecule has 0 saturated carbocycles. The van der Waals surface area contributed by atoms with Crippen molar-refractivity contribution in [1.82, 2.24) is 15.2 Å². The Morgan fingerprint density at radius 2 is 1.77 bits per heavy atom. The van der Waals surface area contributed by atoms with Crippen LogP contribution in [0.5, 0.6) is 0 Å². The predicted molar refractivity (Wildman–Crippen MR) is 111 cm³/mol. The van der Waals surface area contributed by atoms with Crippen molar-refractivity contribution in [1.29, 1.82) is 0 Å². The van der Waals surface area contributed by atoms with Crippen LogP contribution in [0.4, 0.5) is 23.2 Å². The molecule has 1 amide bonds. The van der Waals surface area contributed by atoms with E-state index in [4.69, 9.17) is 0 Å². The van der Waals surface area contributed by atoms with Crippen LogP contribution in [0.15, 0.2) is 42.5 Å². The van der Waals surface area contributed by atoms with Crippen LogP contribution in [-0.2, 0) is 17.6 Å². The Hall–Kier alpha value is -2.65. The number of hydrazine groups is 1. The number of benzene rings is 2. The number of likely N-dealkylation sites (N-methyl/N-ethyl adjacent to an activating group) is 1. The highest BCUT2D eigenvalue weighted by atomic mass is 19.4. The summed E-state index contributed by atoms with van der Waals surface area (Å²) in [5.74, 6) is -0.391. The van der Waals surface area contributed by atoms with Crippen LogP contribution in [0.1, 0.15) is 28.3 Å². The van der Waals surface area contributed by atoms with Gasteiger partial charge in [0.2, 0.25) is 0 Å². The Labute approximate surface area is 179 Å². The molecule has 168 valence electrons. The quantitative estimate of drug-likeness (QED) is 0.530. The van der Waals surface area contributed by atoms with Gasteiger partial charge in [-0.3, -0.25) is 20.5 Å². The van der Waals surface area contributed by atoms with Gasteiger partial charge in [-0.1, -0.05) is 24.3 Å². The zero-order chi connectivity index (χ0) is 22.6. The van der Waals surface area contributed by atoms with E-state index in [0.29, 0.717) is 13.1 Å². The summed E-state index contributed by atoms with van der Waals surface area (Å²) in [5.41, 5.74) is 5.72. The third-order valence-corrected chi connectivity index (χ3v) is 5.44. The topological polar surface area (TPSA) is 47.6 Å². The number of carbonyl (C=O) groups excluding carboxylic acids is 1. The molecule has 5 nitrogen and oxygen atoms in total. The number of amides is 1. The van der Waals surface area contributed by atoms with E-state index in [1.165, 1.54) is 6.07 Å². The Morgan fingerprint density at radius 3 is 2.39 bits per heavy atom. The number of nitrogens with one attached hydrogen (secondary N) is 2. The smallest absolute Gasteiger partial charge is 0.304 e. The van der Waals surface area contributed by atoms with Gasteiger partial charge in [-0.2, -0.15) is 13.2 Å². The molecular weight excluding hydrogens is 412 g/mol. The molecule has 1 fully saturated rings. The zero-order valence-electron chi connectivity index (χ0n) is 17.5. The van der Waals surface area contributed by atoms with Crippen LogP contribution in [0, 0.1) is 6.92 Å². The number of anilines is 1. The maximum absolute atomic E-state index is 13.2. The largest absolute Gasteiger partial charge is 0.416 e. The summed E-state index contributed by atoms with van der Waals surface area (Å²) < 4.78 is 52.4. The zero-order valence-corrected chi connectivity index (χ0v) is 17.5. The first-order chi connectivity index (χ1) is 14.7. The first kappa shape index (κ1) is 23.0. The molecule has 2 aromatic rings. The summed E-state index contributed by atoms with van der Waals surface area (Å²) in [5, 5.41) is 0. The Kier molecular flexibility index (Phi) is 7.17. The van der Waals surface area contributed by atoms with Gasteiger partial charge in [0, 0.05) is 26.2 Å². The second kappa shape index (κ2) is 9.65. The molecule has 9 heteroatoms. The lowest BCUT2D eigenvalue weighted by atomic mass is 9.98.